The molecule has 0 aliphatic heterocycles. The number of rotatable bonds is 3. The van der Waals surface area contributed by atoms with E-state index in [0.717, 1.165) is 4.88 Å². The van der Waals surface area contributed by atoms with E-state index in [1.54, 1.807) is 11.7 Å². The third kappa shape index (κ3) is 1.66. The first-order valence-electron chi connectivity index (χ1n) is 4.21. The maximum Gasteiger partial charge on any atom is 0.243 e. The lowest BCUT2D eigenvalue weighted by molar-refractivity contribution is 0.347. The minimum absolute atomic E-state index is 0.0733. The molecule has 0 saturated heterocycles. The van der Waals surface area contributed by atoms with Gasteiger partial charge in [0.05, 0.1) is 16.4 Å². The molecule has 2 rings (SSSR count). The predicted molar refractivity (Wildman–Crippen MR) is 52.9 cm³/mol. The average Bonchev–Trinajstić information content (AvgIpc) is 2.86. The Morgan fingerprint density at radius 2 is 2.43 bits per heavy atom. The Morgan fingerprint density at radius 3 is 3.07 bits per heavy atom. The second-order valence-corrected chi connectivity index (χ2v) is 3.72. The standard InChI is InChI=1S/C8H10N4OS/c1-5(9-2)8-11-7(12-13-8)6-3-10-4-14-6/h3-5,9H,1-2H3. The first-order valence-corrected chi connectivity index (χ1v) is 5.09. The summed E-state index contributed by atoms with van der Waals surface area (Å²) in [6.45, 7) is 1.96. The zero-order valence-electron chi connectivity index (χ0n) is 7.89. The summed E-state index contributed by atoms with van der Waals surface area (Å²) in [5.74, 6) is 1.19. The van der Waals surface area contributed by atoms with Gasteiger partial charge in [-0.25, -0.2) is 0 Å². The highest BCUT2D eigenvalue weighted by atomic mass is 32.1. The maximum absolute atomic E-state index is 5.10. The Morgan fingerprint density at radius 1 is 1.57 bits per heavy atom. The Bertz CT molecular complexity index is 397. The quantitative estimate of drug-likeness (QED) is 0.831. The topological polar surface area (TPSA) is 63.8 Å². The number of hydrogen-bond donors (Lipinski definition) is 1. The van der Waals surface area contributed by atoms with Gasteiger partial charge in [0, 0.05) is 6.20 Å². The predicted octanol–water partition coefficient (Wildman–Crippen LogP) is 1.47. The van der Waals surface area contributed by atoms with Crippen LogP contribution in [-0.2, 0) is 0 Å². The fourth-order valence-electron chi connectivity index (χ4n) is 0.961. The zero-order valence-corrected chi connectivity index (χ0v) is 8.71. The summed E-state index contributed by atoms with van der Waals surface area (Å²) >= 11 is 1.49. The van der Waals surface area contributed by atoms with Gasteiger partial charge < -0.3 is 9.84 Å². The SMILES string of the molecule is CNC(C)c1nc(-c2cncs2)no1. The van der Waals surface area contributed by atoms with Gasteiger partial charge >= 0.3 is 0 Å². The van der Waals surface area contributed by atoms with Crippen molar-refractivity contribution in [1.29, 1.82) is 0 Å². The van der Waals surface area contributed by atoms with Crippen molar-refractivity contribution in [3.8, 4) is 10.7 Å². The molecule has 1 unspecified atom stereocenters. The number of hydrogen-bond acceptors (Lipinski definition) is 6. The Labute approximate surface area is 85.2 Å². The van der Waals surface area contributed by atoms with Gasteiger partial charge in [-0.05, 0) is 14.0 Å². The second kappa shape index (κ2) is 3.85. The van der Waals surface area contributed by atoms with Crippen molar-refractivity contribution in [2.45, 2.75) is 13.0 Å². The van der Waals surface area contributed by atoms with Crippen LogP contribution >= 0.6 is 11.3 Å². The van der Waals surface area contributed by atoms with Gasteiger partial charge in [0.2, 0.25) is 11.7 Å². The van der Waals surface area contributed by atoms with E-state index >= 15 is 0 Å². The Kier molecular flexibility index (Phi) is 2.55. The van der Waals surface area contributed by atoms with Crippen LogP contribution in [0.25, 0.3) is 10.7 Å². The molecule has 2 aromatic rings. The minimum Gasteiger partial charge on any atom is -0.337 e. The molecule has 0 amide bonds. The second-order valence-electron chi connectivity index (χ2n) is 2.83. The number of aromatic nitrogens is 3. The molecule has 0 radical (unpaired) electrons. The van der Waals surface area contributed by atoms with Crippen LogP contribution in [0, 0.1) is 0 Å². The molecular weight excluding hydrogens is 200 g/mol. The minimum atomic E-state index is 0.0733. The lowest BCUT2D eigenvalue weighted by Crippen LogP contribution is -2.12. The molecule has 2 heterocycles. The lowest BCUT2D eigenvalue weighted by Gasteiger charge is -2.01. The molecule has 0 saturated carbocycles. The molecule has 1 N–H and O–H groups in total. The molecule has 6 heteroatoms. The molecule has 5 nitrogen and oxygen atoms in total. The highest BCUT2D eigenvalue weighted by Gasteiger charge is 2.13. The van der Waals surface area contributed by atoms with Gasteiger partial charge in [-0.15, -0.1) is 11.3 Å². The molecule has 1 atom stereocenters. The van der Waals surface area contributed by atoms with Crippen LogP contribution in [0.2, 0.25) is 0 Å². The molecule has 0 bridgehead atoms. The average molecular weight is 210 g/mol. The molecule has 0 spiro atoms. The van der Waals surface area contributed by atoms with Gasteiger partial charge in [0.15, 0.2) is 0 Å². The molecule has 14 heavy (non-hydrogen) atoms. The number of thiazole rings is 1. The summed E-state index contributed by atoms with van der Waals surface area (Å²) in [6.07, 6.45) is 1.73. The van der Waals surface area contributed by atoms with E-state index in [1.165, 1.54) is 11.3 Å². The monoisotopic (exact) mass is 210 g/mol. The van der Waals surface area contributed by atoms with E-state index < -0.39 is 0 Å². The molecule has 2 aromatic heterocycles. The maximum atomic E-state index is 5.10. The molecular formula is C8H10N4OS. The molecule has 0 aromatic carbocycles. The van der Waals surface area contributed by atoms with Crippen LogP contribution in [0.4, 0.5) is 0 Å². The third-order valence-electron chi connectivity index (χ3n) is 1.90. The fourth-order valence-corrected chi connectivity index (χ4v) is 1.51. The van der Waals surface area contributed by atoms with Crippen LogP contribution < -0.4 is 5.32 Å². The van der Waals surface area contributed by atoms with Gasteiger partial charge in [0.25, 0.3) is 0 Å². The molecule has 74 valence electrons. The summed E-state index contributed by atoms with van der Waals surface area (Å²) in [7, 11) is 1.85. The summed E-state index contributed by atoms with van der Waals surface area (Å²) in [4.78, 5) is 9.13. The highest BCUT2D eigenvalue weighted by Crippen LogP contribution is 2.21. The van der Waals surface area contributed by atoms with Crippen LogP contribution in [0.1, 0.15) is 18.9 Å². The van der Waals surface area contributed by atoms with Crippen molar-refractivity contribution in [1.82, 2.24) is 20.4 Å². The third-order valence-corrected chi connectivity index (χ3v) is 2.67. The van der Waals surface area contributed by atoms with E-state index in [9.17, 15) is 0 Å². The van der Waals surface area contributed by atoms with Crippen molar-refractivity contribution in [2.24, 2.45) is 0 Å². The van der Waals surface area contributed by atoms with Gasteiger partial charge in [-0.1, -0.05) is 5.16 Å². The van der Waals surface area contributed by atoms with Crippen molar-refractivity contribution in [3.05, 3.63) is 17.6 Å². The summed E-state index contributed by atoms with van der Waals surface area (Å²) < 4.78 is 5.10. The number of nitrogens with one attached hydrogen (secondary N) is 1. The smallest absolute Gasteiger partial charge is 0.243 e. The molecule has 0 aliphatic rings. The molecule has 0 fully saturated rings. The van der Waals surface area contributed by atoms with Gasteiger partial charge in [0.1, 0.15) is 0 Å². The summed E-state index contributed by atoms with van der Waals surface area (Å²) in [6, 6.07) is 0.0733. The lowest BCUT2D eigenvalue weighted by atomic mass is 10.3. The summed E-state index contributed by atoms with van der Waals surface area (Å²) in [5, 5.41) is 6.90. The van der Waals surface area contributed by atoms with E-state index in [1.807, 2.05) is 14.0 Å². The summed E-state index contributed by atoms with van der Waals surface area (Å²) in [5.41, 5.74) is 1.74. The number of nitrogens with zero attached hydrogens (tertiary/aromatic N) is 3. The van der Waals surface area contributed by atoms with Crippen LogP contribution in [-0.4, -0.2) is 22.2 Å². The van der Waals surface area contributed by atoms with Crippen molar-refractivity contribution in [3.63, 3.8) is 0 Å². The Hall–Kier alpha value is -1.27. The largest absolute Gasteiger partial charge is 0.337 e. The first-order chi connectivity index (χ1) is 6.81. The van der Waals surface area contributed by atoms with Crippen molar-refractivity contribution < 1.29 is 4.52 Å². The van der Waals surface area contributed by atoms with Crippen molar-refractivity contribution >= 4 is 11.3 Å². The van der Waals surface area contributed by atoms with E-state index in [-0.39, 0.29) is 6.04 Å². The molecule has 0 aliphatic carbocycles. The van der Waals surface area contributed by atoms with Gasteiger partial charge in [-0.2, -0.15) is 4.98 Å². The Balaban J connectivity index is 2.26. The highest BCUT2D eigenvalue weighted by molar-refractivity contribution is 7.13. The van der Waals surface area contributed by atoms with E-state index in [2.05, 4.69) is 20.4 Å². The van der Waals surface area contributed by atoms with E-state index in [0.29, 0.717) is 11.7 Å². The first kappa shape index (κ1) is 9.29. The van der Waals surface area contributed by atoms with Crippen LogP contribution in [0.5, 0.6) is 0 Å². The normalized spacial score (nSPS) is 13.0. The fraction of sp³-hybridized carbons (Fsp3) is 0.375. The van der Waals surface area contributed by atoms with Crippen LogP contribution in [0.15, 0.2) is 16.2 Å². The van der Waals surface area contributed by atoms with Crippen molar-refractivity contribution in [2.75, 3.05) is 7.05 Å². The zero-order chi connectivity index (χ0) is 9.97. The van der Waals surface area contributed by atoms with Crippen LogP contribution in [0.3, 0.4) is 0 Å². The van der Waals surface area contributed by atoms with E-state index in [4.69, 9.17) is 4.52 Å². The van der Waals surface area contributed by atoms with Gasteiger partial charge in [-0.3, -0.25) is 4.98 Å².